The molecule has 0 aromatic rings. The number of aliphatic hydroxyl groups is 1. The van der Waals surface area contributed by atoms with E-state index in [9.17, 15) is 9.90 Å². The van der Waals surface area contributed by atoms with E-state index in [1.165, 1.54) is 0 Å². The molecule has 16 heavy (non-hydrogen) atoms. The summed E-state index contributed by atoms with van der Waals surface area (Å²) in [6, 6.07) is 0.130. The summed E-state index contributed by atoms with van der Waals surface area (Å²) >= 11 is 0. The van der Waals surface area contributed by atoms with Crippen molar-refractivity contribution in [1.82, 2.24) is 9.80 Å². The first-order chi connectivity index (χ1) is 7.70. The third-order valence-corrected chi connectivity index (χ3v) is 3.87. The van der Waals surface area contributed by atoms with Crippen molar-refractivity contribution in [2.75, 3.05) is 20.1 Å². The molecule has 1 aliphatic carbocycles. The minimum absolute atomic E-state index is 0.0295. The molecule has 0 aromatic carbocycles. The van der Waals surface area contributed by atoms with Crippen LogP contribution in [-0.2, 0) is 0 Å². The molecule has 1 aliphatic heterocycles. The molecule has 0 bridgehead atoms. The van der Waals surface area contributed by atoms with Crippen LogP contribution in [0.2, 0.25) is 0 Å². The molecular weight excluding hydrogens is 204 g/mol. The number of hydrogen-bond donors (Lipinski definition) is 1. The molecule has 0 spiro atoms. The molecule has 4 heteroatoms. The maximum absolute atomic E-state index is 12.1. The molecule has 1 heterocycles. The quantitative estimate of drug-likeness (QED) is 0.735. The Balaban J connectivity index is 1.94. The van der Waals surface area contributed by atoms with Crippen LogP contribution in [0.5, 0.6) is 0 Å². The van der Waals surface area contributed by atoms with E-state index in [0.29, 0.717) is 0 Å². The fourth-order valence-electron chi connectivity index (χ4n) is 2.82. The maximum Gasteiger partial charge on any atom is 0.320 e. The van der Waals surface area contributed by atoms with Gasteiger partial charge < -0.3 is 14.9 Å². The van der Waals surface area contributed by atoms with Crippen molar-refractivity contribution in [1.29, 1.82) is 0 Å². The fraction of sp³-hybridized carbons (Fsp3) is 0.917. The Morgan fingerprint density at radius 2 is 1.81 bits per heavy atom. The second-order valence-electron chi connectivity index (χ2n) is 5.01. The Morgan fingerprint density at radius 1 is 1.19 bits per heavy atom. The van der Waals surface area contributed by atoms with Gasteiger partial charge in [0.25, 0.3) is 0 Å². The maximum atomic E-state index is 12.1. The molecule has 1 saturated heterocycles. The van der Waals surface area contributed by atoms with E-state index < -0.39 is 0 Å². The third-order valence-electron chi connectivity index (χ3n) is 3.87. The van der Waals surface area contributed by atoms with Gasteiger partial charge in [-0.15, -0.1) is 0 Å². The lowest BCUT2D eigenvalue weighted by Gasteiger charge is -2.37. The predicted octanol–water partition coefficient (Wildman–Crippen LogP) is 1.44. The van der Waals surface area contributed by atoms with E-state index in [-0.39, 0.29) is 18.2 Å². The van der Waals surface area contributed by atoms with E-state index in [1.54, 1.807) is 4.90 Å². The minimum atomic E-state index is -0.328. The van der Waals surface area contributed by atoms with Gasteiger partial charge in [0.1, 0.15) is 0 Å². The van der Waals surface area contributed by atoms with Crippen LogP contribution in [0.4, 0.5) is 4.79 Å². The zero-order valence-electron chi connectivity index (χ0n) is 10.1. The van der Waals surface area contributed by atoms with E-state index >= 15 is 0 Å². The number of urea groups is 1. The number of carbonyl (C=O) groups excluding carboxylic acids is 1. The smallest absolute Gasteiger partial charge is 0.320 e. The highest BCUT2D eigenvalue weighted by molar-refractivity contribution is 5.74. The molecule has 2 aliphatic rings. The molecule has 2 rings (SSSR count). The lowest BCUT2D eigenvalue weighted by Crippen LogP contribution is -2.50. The van der Waals surface area contributed by atoms with Crippen LogP contribution >= 0.6 is 0 Å². The summed E-state index contributed by atoms with van der Waals surface area (Å²) in [5.74, 6) is 0. The van der Waals surface area contributed by atoms with Crippen molar-refractivity contribution in [3.63, 3.8) is 0 Å². The molecule has 1 N–H and O–H groups in total. The van der Waals surface area contributed by atoms with Crippen molar-refractivity contribution in [3.05, 3.63) is 0 Å². The topological polar surface area (TPSA) is 43.8 Å². The standard InChI is InChI=1S/C12H22N2O2/c1-13(10-6-2-3-7-11(10)15)12(16)14-8-4-5-9-14/h10-11,15H,2-9H2,1H3. The molecule has 92 valence electrons. The van der Waals surface area contributed by atoms with Crippen molar-refractivity contribution >= 4 is 6.03 Å². The second-order valence-corrected chi connectivity index (χ2v) is 5.01. The molecular formula is C12H22N2O2. The van der Waals surface area contributed by atoms with Crippen molar-refractivity contribution in [2.24, 2.45) is 0 Å². The molecule has 2 amide bonds. The van der Waals surface area contributed by atoms with Gasteiger partial charge in [0.05, 0.1) is 12.1 Å². The fourth-order valence-corrected chi connectivity index (χ4v) is 2.82. The van der Waals surface area contributed by atoms with E-state index in [2.05, 4.69) is 0 Å². The van der Waals surface area contributed by atoms with Crippen LogP contribution in [0.3, 0.4) is 0 Å². The number of likely N-dealkylation sites (tertiary alicyclic amines) is 1. The van der Waals surface area contributed by atoms with Gasteiger partial charge in [0, 0.05) is 20.1 Å². The third kappa shape index (κ3) is 2.32. The molecule has 0 radical (unpaired) electrons. The highest BCUT2D eigenvalue weighted by Gasteiger charge is 2.32. The van der Waals surface area contributed by atoms with E-state index in [1.807, 2.05) is 11.9 Å². The summed E-state index contributed by atoms with van der Waals surface area (Å²) < 4.78 is 0. The average Bonchev–Trinajstić information content (AvgIpc) is 2.81. The highest BCUT2D eigenvalue weighted by Crippen LogP contribution is 2.23. The zero-order valence-corrected chi connectivity index (χ0v) is 10.1. The van der Waals surface area contributed by atoms with Gasteiger partial charge in [-0.1, -0.05) is 12.8 Å². The van der Waals surface area contributed by atoms with Gasteiger partial charge in [-0.3, -0.25) is 0 Å². The van der Waals surface area contributed by atoms with Crippen LogP contribution in [0.25, 0.3) is 0 Å². The van der Waals surface area contributed by atoms with Crippen LogP contribution in [0.1, 0.15) is 38.5 Å². The van der Waals surface area contributed by atoms with E-state index in [0.717, 1.165) is 51.6 Å². The Bertz CT molecular complexity index is 251. The molecule has 2 fully saturated rings. The van der Waals surface area contributed by atoms with Crippen LogP contribution in [0, 0.1) is 0 Å². The molecule has 4 nitrogen and oxygen atoms in total. The zero-order chi connectivity index (χ0) is 11.5. The Morgan fingerprint density at radius 3 is 2.44 bits per heavy atom. The second kappa shape index (κ2) is 5.04. The van der Waals surface area contributed by atoms with Gasteiger partial charge in [0.15, 0.2) is 0 Å². The molecule has 2 unspecified atom stereocenters. The number of carbonyl (C=O) groups is 1. The largest absolute Gasteiger partial charge is 0.391 e. The molecule has 0 aromatic heterocycles. The number of likely N-dealkylation sites (N-methyl/N-ethyl adjacent to an activating group) is 1. The van der Waals surface area contributed by atoms with Crippen molar-refractivity contribution in [3.8, 4) is 0 Å². The van der Waals surface area contributed by atoms with Gasteiger partial charge >= 0.3 is 6.03 Å². The SMILES string of the molecule is CN(C(=O)N1CCCC1)C1CCCCC1O. The highest BCUT2D eigenvalue weighted by atomic mass is 16.3. The average molecular weight is 226 g/mol. The summed E-state index contributed by atoms with van der Waals surface area (Å²) in [5, 5.41) is 9.92. The summed E-state index contributed by atoms with van der Waals surface area (Å²) in [4.78, 5) is 15.8. The van der Waals surface area contributed by atoms with E-state index in [4.69, 9.17) is 0 Å². The predicted molar refractivity (Wildman–Crippen MR) is 62.2 cm³/mol. The lowest BCUT2D eigenvalue weighted by molar-refractivity contribution is 0.0394. The Labute approximate surface area is 97.2 Å². The first-order valence-corrected chi connectivity index (χ1v) is 6.40. The normalized spacial score (nSPS) is 30.5. The summed E-state index contributed by atoms with van der Waals surface area (Å²) in [7, 11) is 1.83. The Hall–Kier alpha value is -0.770. The number of amides is 2. The monoisotopic (exact) mass is 226 g/mol. The van der Waals surface area contributed by atoms with Gasteiger partial charge in [0.2, 0.25) is 0 Å². The summed E-state index contributed by atoms with van der Waals surface area (Å²) in [5.41, 5.74) is 0. The number of nitrogens with zero attached hydrogens (tertiary/aromatic N) is 2. The Kier molecular flexibility index (Phi) is 3.69. The number of hydrogen-bond acceptors (Lipinski definition) is 2. The first-order valence-electron chi connectivity index (χ1n) is 6.40. The van der Waals surface area contributed by atoms with Crippen LogP contribution < -0.4 is 0 Å². The summed E-state index contributed by atoms with van der Waals surface area (Å²) in [6.07, 6.45) is 5.90. The summed E-state index contributed by atoms with van der Waals surface area (Å²) in [6.45, 7) is 1.76. The molecule has 2 atom stereocenters. The minimum Gasteiger partial charge on any atom is -0.391 e. The van der Waals surface area contributed by atoms with Gasteiger partial charge in [-0.2, -0.15) is 0 Å². The number of rotatable bonds is 1. The first kappa shape index (κ1) is 11.7. The van der Waals surface area contributed by atoms with Crippen molar-refractivity contribution in [2.45, 2.75) is 50.7 Å². The van der Waals surface area contributed by atoms with Gasteiger partial charge in [-0.05, 0) is 25.7 Å². The number of aliphatic hydroxyl groups excluding tert-OH is 1. The lowest BCUT2D eigenvalue weighted by atomic mass is 9.92. The van der Waals surface area contributed by atoms with Gasteiger partial charge in [-0.25, -0.2) is 4.79 Å². The molecule has 1 saturated carbocycles. The van der Waals surface area contributed by atoms with Crippen LogP contribution in [0.15, 0.2) is 0 Å². The van der Waals surface area contributed by atoms with Crippen LogP contribution in [-0.4, -0.2) is 53.2 Å². The van der Waals surface area contributed by atoms with Crippen molar-refractivity contribution < 1.29 is 9.90 Å².